The number of likely N-dealkylation sites (tertiary alicyclic amines) is 1. The van der Waals surface area contributed by atoms with Crippen molar-refractivity contribution in [3.63, 3.8) is 0 Å². The molecule has 2 aliphatic rings. The summed E-state index contributed by atoms with van der Waals surface area (Å²) in [7, 11) is 0. The number of nitrogens with zero attached hydrogens (tertiary/aromatic N) is 4. The molecule has 0 saturated carbocycles. The molecular weight excluding hydrogens is 413 g/mol. The Bertz CT molecular complexity index is 625. The maximum Gasteiger partial charge on any atom is 0.243 e. The number of hydrogen-bond donors (Lipinski definition) is 1. The van der Waals surface area contributed by atoms with Crippen LogP contribution < -0.4 is 5.43 Å². The van der Waals surface area contributed by atoms with Gasteiger partial charge in [-0.3, -0.25) is 0 Å². The van der Waals surface area contributed by atoms with E-state index in [1.54, 1.807) is 0 Å². The van der Waals surface area contributed by atoms with Gasteiger partial charge in [-0.15, -0.1) is 24.0 Å². The maximum atomic E-state index is 4.59. The van der Waals surface area contributed by atoms with E-state index in [1.165, 1.54) is 31.6 Å². The average Bonchev–Trinajstić information content (AvgIpc) is 2.96. The van der Waals surface area contributed by atoms with Gasteiger partial charge < -0.3 is 4.90 Å². The van der Waals surface area contributed by atoms with Crippen molar-refractivity contribution in [2.75, 3.05) is 18.5 Å². The number of nitrogens with one attached hydrogen (secondary N) is 1. The smallest absolute Gasteiger partial charge is 0.243 e. The molecule has 3 rings (SSSR count). The minimum Gasteiger partial charge on any atom is -0.375 e. The summed E-state index contributed by atoms with van der Waals surface area (Å²) in [6.07, 6.45) is 6.97. The number of anilines is 1. The number of hydrazone groups is 1. The molecule has 0 spiro atoms. The third-order valence-electron chi connectivity index (χ3n) is 4.45. The summed E-state index contributed by atoms with van der Waals surface area (Å²) in [6, 6.07) is 1.97. The van der Waals surface area contributed by atoms with Crippen LogP contribution in [0.2, 0.25) is 0 Å². The molecule has 1 aromatic heterocycles. The highest BCUT2D eigenvalue weighted by Crippen LogP contribution is 2.36. The molecule has 1 saturated heterocycles. The monoisotopic (exact) mass is 441 g/mol. The first-order chi connectivity index (χ1) is 10.9. The fraction of sp³-hybridized carbons (Fsp3) is 0.611. The molecule has 1 N–H and O–H groups in total. The van der Waals surface area contributed by atoms with Crippen molar-refractivity contribution < 1.29 is 0 Å². The number of rotatable bonds is 3. The summed E-state index contributed by atoms with van der Waals surface area (Å²) < 4.78 is 0. The molecule has 1 aliphatic heterocycles. The van der Waals surface area contributed by atoms with Crippen molar-refractivity contribution in [3.8, 4) is 0 Å². The Hall–Kier alpha value is -1.18. The second-order valence-corrected chi connectivity index (χ2v) is 7.54. The molecule has 0 atom stereocenters. The van der Waals surface area contributed by atoms with Crippen LogP contribution in [0.3, 0.4) is 0 Å². The third kappa shape index (κ3) is 4.91. The van der Waals surface area contributed by atoms with Gasteiger partial charge in [0.05, 0.1) is 5.71 Å². The van der Waals surface area contributed by atoms with Crippen LogP contribution in [0.5, 0.6) is 0 Å². The largest absolute Gasteiger partial charge is 0.375 e. The zero-order valence-corrected chi connectivity index (χ0v) is 17.4. The summed E-state index contributed by atoms with van der Waals surface area (Å²) in [4.78, 5) is 11.3. The van der Waals surface area contributed by atoms with E-state index in [0.717, 1.165) is 29.9 Å². The second-order valence-electron chi connectivity index (χ2n) is 7.54. The summed E-state index contributed by atoms with van der Waals surface area (Å²) in [5, 5.41) is 4.59. The first kappa shape index (κ1) is 19.1. The molecule has 0 unspecified atom stereocenters. The molecule has 1 aliphatic carbocycles. The molecular formula is C18H28IN5. The van der Waals surface area contributed by atoms with Gasteiger partial charge >= 0.3 is 0 Å². The van der Waals surface area contributed by atoms with Crippen molar-refractivity contribution in [1.82, 2.24) is 14.9 Å². The SMILES string of the molecule is Cc1cc(C)nc(N/N=C2\C=C(N3CCCC3)CC(C)(C)C2)n1.I. The van der Waals surface area contributed by atoms with Crippen LogP contribution >= 0.6 is 24.0 Å². The van der Waals surface area contributed by atoms with Crippen molar-refractivity contribution >= 4 is 35.6 Å². The molecule has 24 heavy (non-hydrogen) atoms. The van der Waals surface area contributed by atoms with Crippen LogP contribution in [0.1, 0.15) is 50.9 Å². The normalized spacial score (nSPS) is 21.4. The highest BCUT2D eigenvalue weighted by Gasteiger charge is 2.29. The lowest BCUT2D eigenvalue weighted by Gasteiger charge is -2.34. The lowest BCUT2D eigenvalue weighted by Crippen LogP contribution is -2.30. The topological polar surface area (TPSA) is 53.4 Å². The van der Waals surface area contributed by atoms with E-state index in [1.807, 2.05) is 19.9 Å². The summed E-state index contributed by atoms with van der Waals surface area (Å²) >= 11 is 0. The van der Waals surface area contributed by atoms with Gasteiger partial charge in [-0.1, -0.05) is 13.8 Å². The standard InChI is InChI=1S/C18H27N5.HI/c1-13-9-14(2)20-17(19-13)22-21-15-10-16(12-18(3,4)11-15)23-7-5-6-8-23;/h9-10H,5-8,11-12H2,1-4H3,(H,19,20,22);1H/b21-15+;. The van der Waals surface area contributed by atoms with Crippen LogP contribution in [0, 0.1) is 19.3 Å². The second kappa shape index (κ2) is 7.80. The predicted octanol–water partition coefficient (Wildman–Crippen LogP) is 4.28. The number of aryl methyl sites for hydroxylation is 2. The predicted molar refractivity (Wildman–Crippen MR) is 110 cm³/mol. The van der Waals surface area contributed by atoms with E-state index in [-0.39, 0.29) is 29.4 Å². The van der Waals surface area contributed by atoms with Gasteiger partial charge in [0.1, 0.15) is 0 Å². The van der Waals surface area contributed by atoms with Crippen LogP contribution in [0.4, 0.5) is 5.95 Å². The van der Waals surface area contributed by atoms with Crippen molar-refractivity contribution in [2.45, 2.75) is 53.4 Å². The minimum atomic E-state index is 0. The molecule has 1 aromatic rings. The van der Waals surface area contributed by atoms with Crippen molar-refractivity contribution in [3.05, 3.63) is 29.2 Å². The average molecular weight is 441 g/mol. The fourth-order valence-corrected chi connectivity index (χ4v) is 3.51. The van der Waals surface area contributed by atoms with Crippen LogP contribution in [0.15, 0.2) is 22.9 Å². The van der Waals surface area contributed by atoms with Gasteiger partial charge in [0.25, 0.3) is 0 Å². The summed E-state index contributed by atoms with van der Waals surface area (Å²) in [6.45, 7) is 11.0. The van der Waals surface area contributed by atoms with Gasteiger partial charge in [-0.25, -0.2) is 15.4 Å². The summed E-state index contributed by atoms with van der Waals surface area (Å²) in [5.41, 5.74) is 7.73. The van der Waals surface area contributed by atoms with E-state index in [4.69, 9.17) is 0 Å². The first-order valence-corrected chi connectivity index (χ1v) is 8.52. The van der Waals surface area contributed by atoms with Gasteiger partial charge in [0.2, 0.25) is 5.95 Å². The zero-order chi connectivity index (χ0) is 16.4. The number of hydrogen-bond acceptors (Lipinski definition) is 5. The minimum absolute atomic E-state index is 0. The highest BCUT2D eigenvalue weighted by molar-refractivity contribution is 14.0. The first-order valence-electron chi connectivity index (χ1n) is 8.52. The van der Waals surface area contributed by atoms with Gasteiger partial charge in [-0.2, -0.15) is 5.10 Å². The van der Waals surface area contributed by atoms with Gasteiger partial charge in [0, 0.05) is 30.2 Å². The summed E-state index contributed by atoms with van der Waals surface area (Å²) in [5.74, 6) is 0.578. The molecule has 5 nitrogen and oxygen atoms in total. The van der Waals surface area contributed by atoms with Crippen molar-refractivity contribution in [2.24, 2.45) is 10.5 Å². The van der Waals surface area contributed by atoms with Gasteiger partial charge in [0.15, 0.2) is 0 Å². The quantitative estimate of drug-likeness (QED) is 0.562. The molecule has 6 heteroatoms. The Balaban J connectivity index is 0.00000208. The Morgan fingerprint density at radius 2 is 1.71 bits per heavy atom. The zero-order valence-electron chi connectivity index (χ0n) is 15.1. The van der Waals surface area contributed by atoms with Crippen LogP contribution in [-0.2, 0) is 0 Å². The molecule has 0 radical (unpaired) electrons. The fourth-order valence-electron chi connectivity index (χ4n) is 3.51. The molecule has 0 aromatic carbocycles. The molecule has 0 bridgehead atoms. The highest BCUT2D eigenvalue weighted by atomic mass is 127. The molecule has 0 amide bonds. The van der Waals surface area contributed by atoms with E-state index < -0.39 is 0 Å². The third-order valence-corrected chi connectivity index (χ3v) is 4.45. The van der Waals surface area contributed by atoms with E-state index in [0.29, 0.717) is 5.95 Å². The Morgan fingerprint density at radius 1 is 1.08 bits per heavy atom. The Morgan fingerprint density at radius 3 is 2.33 bits per heavy atom. The van der Waals surface area contributed by atoms with Gasteiger partial charge in [-0.05, 0) is 57.1 Å². The molecule has 1 fully saturated rings. The van der Waals surface area contributed by atoms with Crippen LogP contribution in [0.25, 0.3) is 0 Å². The van der Waals surface area contributed by atoms with Crippen molar-refractivity contribution in [1.29, 1.82) is 0 Å². The number of allylic oxidation sites excluding steroid dienone is 2. The van der Waals surface area contributed by atoms with E-state index in [9.17, 15) is 0 Å². The maximum absolute atomic E-state index is 4.59. The molecule has 132 valence electrons. The van der Waals surface area contributed by atoms with E-state index >= 15 is 0 Å². The lowest BCUT2D eigenvalue weighted by molar-refractivity contribution is 0.305. The van der Waals surface area contributed by atoms with E-state index in [2.05, 4.69) is 45.3 Å². The molecule has 2 heterocycles. The Labute approximate surface area is 162 Å². The van der Waals surface area contributed by atoms with Crippen LogP contribution in [-0.4, -0.2) is 33.7 Å². The lowest BCUT2D eigenvalue weighted by atomic mass is 9.78. The number of aromatic nitrogens is 2. The number of halogens is 1. The Kier molecular flexibility index (Phi) is 6.22.